The lowest BCUT2D eigenvalue weighted by atomic mass is 10.1. The maximum atomic E-state index is 13.0. The Balaban J connectivity index is 1.46. The molecule has 27 heavy (non-hydrogen) atoms. The van der Waals surface area contributed by atoms with E-state index in [2.05, 4.69) is 48.3 Å². The van der Waals surface area contributed by atoms with Crippen LogP contribution in [0.4, 0.5) is 0 Å². The van der Waals surface area contributed by atoms with Gasteiger partial charge in [-0.3, -0.25) is 4.79 Å². The van der Waals surface area contributed by atoms with Gasteiger partial charge in [0.15, 0.2) is 5.43 Å². The normalized spacial score (nSPS) is 20.1. The van der Waals surface area contributed by atoms with Gasteiger partial charge in [-0.2, -0.15) is 0 Å². The molecule has 4 nitrogen and oxygen atoms in total. The predicted molar refractivity (Wildman–Crippen MR) is 109 cm³/mol. The number of aromatic amines is 1. The molecule has 0 unspecified atom stereocenters. The summed E-state index contributed by atoms with van der Waals surface area (Å²) in [6.45, 7) is 10.6. The van der Waals surface area contributed by atoms with E-state index >= 15 is 0 Å². The molecule has 0 atom stereocenters. The molecule has 0 radical (unpaired) electrons. The number of rotatable bonds is 4. The van der Waals surface area contributed by atoms with Crippen LogP contribution < -0.4 is 15.2 Å². The Hall–Kier alpha value is -2.43. The fourth-order valence-corrected chi connectivity index (χ4v) is 4.28. The van der Waals surface area contributed by atoms with Crippen molar-refractivity contribution in [3.05, 3.63) is 81.1 Å². The molecule has 140 valence electrons. The molecule has 0 amide bonds. The molecule has 4 heteroatoms. The number of H-pyrrole nitrogens is 1. The van der Waals surface area contributed by atoms with Gasteiger partial charge in [-0.1, -0.05) is 42.5 Å². The Morgan fingerprint density at radius 3 is 2.22 bits per heavy atom. The van der Waals surface area contributed by atoms with E-state index in [1.165, 1.54) is 10.5 Å². The quantitative estimate of drug-likeness (QED) is 0.625. The van der Waals surface area contributed by atoms with Crippen molar-refractivity contribution in [1.29, 1.82) is 0 Å². The van der Waals surface area contributed by atoms with Crippen LogP contribution in [0.2, 0.25) is 0 Å². The second-order valence-corrected chi connectivity index (χ2v) is 7.89. The first kappa shape index (κ1) is 18.0. The zero-order valence-corrected chi connectivity index (χ0v) is 16.3. The third-order valence-electron chi connectivity index (χ3n) is 5.94. The number of aromatic nitrogens is 1. The summed E-state index contributed by atoms with van der Waals surface area (Å²) in [5.41, 5.74) is 5.70. The summed E-state index contributed by atoms with van der Waals surface area (Å²) in [4.78, 5) is 19.7. The molecule has 2 heterocycles. The molecular weight excluding hydrogens is 334 g/mol. The largest absolute Gasteiger partial charge is 0.358 e. The highest BCUT2D eigenvalue weighted by molar-refractivity contribution is 5.82. The summed E-state index contributed by atoms with van der Waals surface area (Å²) in [5, 5.41) is 0.823. The molecule has 0 aliphatic carbocycles. The van der Waals surface area contributed by atoms with Crippen LogP contribution in [-0.4, -0.2) is 31.2 Å². The van der Waals surface area contributed by atoms with Crippen LogP contribution in [0.3, 0.4) is 0 Å². The van der Waals surface area contributed by atoms with Crippen molar-refractivity contribution in [1.82, 2.24) is 4.98 Å². The first-order chi connectivity index (χ1) is 13.1. The number of hydrogen-bond donors (Lipinski definition) is 3. The van der Waals surface area contributed by atoms with Crippen molar-refractivity contribution in [2.75, 3.05) is 26.2 Å². The van der Waals surface area contributed by atoms with Gasteiger partial charge >= 0.3 is 0 Å². The molecule has 0 saturated carbocycles. The van der Waals surface area contributed by atoms with Crippen molar-refractivity contribution >= 4 is 10.9 Å². The van der Waals surface area contributed by atoms with Gasteiger partial charge in [-0.25, -0.2) is 0 Å². The van der Waals surface area contributed by atoms with Crippen molar-refractivity contribution in [2.45, 2.75) is 26.9 Å². The number of para-hydroxylation sites is 1. The van der Waals surface area contributed by atoms with Gasteiger partial charge in [0.2, 0.25) is 0 Å². The Kier molecular flexibility index (Phi) is 5.10. The molecule has 4 rings (SSSR count). The molecule has 1 fully saturated rings. The van der Waals surface area contributed by atoms with Crippen molar-refractivity contribution in [2.24, 2.45) is 0 Å². The van der Waals surface area contributed by atoms with Gasteiger partial charge in [0.1, 0.15) is 39.3 Å². The van der Waals surface area contributed by atoms with Crippen molar-refractivity contribution in [3.8, 4) is 0 Å². The minimum absolute atomic E-state index is 0.205. The Morgan fingerprint density at radius 1 is 0.852 bits per heavy atom. The minimum Gasteiger partial charge on any atom is -0.358 e. The molecule has 1 aliphatic heterocycles. The van der Waals surface area contributed by atoms with Gasteiger partial charge in [0.05, 0.1) is 11.1 Å². The highest BCUT2D eigenvalue weighted by atomic mass is 16.1. The smallest absolute Gasteiger partial charge is 0.198 e. The number of pyridine rings is 1. The molecule has 1 aliphatic rings. The Morgan fingerprint density at radius 2 is 1.52 bits per heavy atom. The van der Waals surface area contributed by atoms with Crippen molar-refractivity contribution < 1.29 is 9.80 Å². The number of fused-ring (bicyclic) bond motifs is 1. The van der Waals surface area contributed by atoms with Gasteiger partial charge in [-0.05, 0) is 25.5 Å². The summed E-state index contributed by atoms with van der Waals surface area (Å²) in [6.07, 6.45) is 0. The van der Waals surface area contributed by atoms with E-state index < -0.39 is 0 Å². The third kappa shape index (κ3) is 3.82. The zero-order valence-electron chi connectivity index (χ0n) is 16.3. The number of nitrogens with one attached hydrogen (secondary N) is 3. The van der Waals surface area contributed by atoms with Crippen LogP contribution in [0.5, 0.6) is 0 Å². The van der Waals surface area contributed by atoms with E-state index in [-0.39, 0.29) is 5.43 Å². The molecule has 3 N–H and O–H groups in total. The molecule has 1 saturated heterocycles. The lowest BCUT2D eigenvalue weighted by Gasteiger charge is -2.30. The fraction of sp³-hybridized carbons (Fsp3) is 0.348. The number of piperazine rings is 1. The second kappa shape index (κ2) is 7.67. The zero-order chi connectivity index (χ0) is 18.8. The predicted octanol–water partition coefficient (Wildman–Crippen LogP) is 0.629. The van der Waals surface area contributed by atoms with E-state index in [9.17, 15) is 4.79 Å². The monoisotopic (exact) mass is 363 g/mol. The van der Waals surface area contributed by atoms with Crippen LogP contribution in [0.1, 0.15) is 22.4 Å². The van der Waals surface area contributed by atoms with E-state index in [1.807, 2.05) is 19.1 Å². The average molecular weight is 364 g/mol. The number of hydrogen-bond acceptors (Lipinski definition) is 1. The van der Waals surface area contributed by atoms with E-state index in [1.54, 1.807) is 4.90 Å². The molecule has 3 aromatic rings. The minimum atomic E-state index is 0.205. The van der Waals surface area contributed by atoms with Gasteiger partial charge in [0, 0.05) is 16.6 Å². The second-order valence-electron chi connectivity index (χ2n) is 7.89. The Labute approximate surface area is 160 Å². The van der Waals surface area contributed by atoms with E-state index in [0.717, 1.165) is 67.0 Å². The maximum absolute atomic E-state index is 13.0. The van der Waals surface area contributed by atoms with E-state index in [0.29, 0.717) is 0 Å². The van der Waals surface area contributed by atoms with Crippen LogP contribution in [0.25, 0.3) is 10.9 Å². The Bertz CT molecular complexity index is 986. The van der Waals surface area contributed by atoms with Crippen LogP contribution in [-0.2, 0) is 13.1 Å². The highest BCUT2D eigenvalue weighted by Crippen LogP contribution is 2.14. The summed E-state index contributed by atoms with van der Waals surface area (Å²) in [7, 11) is 0. The van der Waals surface area contributed by atoms with Gasteiger partial charge in [-0.15, -0.1) is 0 Å². The maximum Gasteiger partial charge on any atom is 0.198 e. The summed E-state index contributed by atoms with van der Waals surface area (Å²) < 4.78 is 0. The molecular formula is C23H29N3O+2. The van der Waals surface area contributed by atoms with Gasteiger partial charge < -0.3 is 14.8 Å². The topological polar surface area (TPSA) is 41.7 Å². The lowest BCUT2D eigenvalue weighted by Crippen LogP contribution is -3.27. The summed E-state index contributed by atoms with van der Waals surface area (Å²) in [6, 6.07) is 16.7. The van der Waals surface area contributed by atoms with Crippen LogP contribution in [0.15, 0.2) is 53.3 Å². The van der Waals surface area contributed by atoms with Crippen molar-refractivity contribution in [3.63, 3.8) is 0 Å². The van der Waals surface area contributed by atoms with Gasteiger partial charge in [0.25, 0.3) is 0 Å². The lowest BCUT2D eigenvalue weighted by molar-refractivity contribution is -1.02. The third-order valence-corrected chi connectivity index (χ3v) is 5.94. The van der Waals surface area contributed by atoms with Crippen LogP contribution >= 0.6 is 0 Å². The number of quaternary nitrogens is 2. The highest BCUT2D eigenvalue weighted by Gasteiger charge is 2.25. The van der Waals surface area contributed by atoms with Crippen LogP contribution in [0, 0.1) is 13.8 Å². The number of benzene rings is 2. The molecule has 0 bridgehead atoms. The average Bonchev–Trinajstić information content (AvgIpc) is 2.68. The first-order valence-corrected chi connectivity index (χ1v) is 9.94. The van der Waals surface area contributed by atoms with E-state index in [4.69, 9.17) is 0 Å². The molecule has 2 aromatic carbocycles. The SMILES string of the molecule is Cc1[nH]c2c(C)cccc2c(=O)c1C[NH+]1CC[NH+](Cc2ccccc2)CC1. The fourth-order valence-electron chi connectivity index (χ4n) is 4.28. The molecule has 0 spiro atoms. The molecule has 1 aromatic heterocycles. The summed E-state index contributed by atoms with van der Waals surface area (Å²) in [5.74, 6) is 0. The number of aryl methyl sites for hydroxylation is 2. The standard InChI is InChI=1S/C23H27N3O/c1-17-7-6-10-20-22(17)24-18(2)21(23(20)27)16-26-13-11-25(12-14-26)15-19-8-4-3-5-9-19/h3-10H,11-16H2,1-2H3,(H,24,27)/p+2. The summed E-state index contributed by atoms with van der Waals surface area (Å²) >= 11 is 0. The first-order valence-electron chi connectivity index (χ1n) is 9.94.